The van der Waals surface area contributed by atoms with E-state index in [1.807, 2.05) is 182 Å². The molecule has 0 saturated heterocycles. The Labute approximate surface area is 662 Å². The quantitative estimate of drug-likeness (QED) is 0.108. The molecule has 0 radical (unpaired) electrons. The zero-order valence-electron chi connectivity index (χ0n) is 63.4. The molecule has 0 spiro atoms. The number of nitrogens with zero attached hydrogens (tertiary/aromatic N) is 5. The van der Waals surface area contributed by atoms with Gasteiger partial charge in [0.15, 0.2) is 17.5 Å². The number of halogens is 2. The summed E-state index contributed by atoms with van der Waals surface area (Å²) in [4.78, 5) is 19.6. The highest BCUT2D eigenvalue weighted by atomic mass is 19.1. The highest BCUT2D eigenvalue weighted by Gasteiger charge is 2.38. The molecular weight excluding hydrogens is 1390 g/mol. The van der Waals surface area contributed by atoms with Gasteiger partial charge in [-0.2, -0.15) is 0 Å². The number of anilines is 6. The second-order valence-electron chi connectivity index (χ2n) is 30.8. The molecule has 0 aliphatic heterocycles. The lowest BCUT2D eigenvalue weighted by atomic mass is 9.82. The van der Waals surface area contributed by atoms with E-state index < -0.39 is 0 Å². The van der Waals surface area contributed by atoms with Crippen LogP contribution in [0.5, 0.6) is 0 Å². The van der Waals surface area contributed by atoms with Gasteiger partial charge in [-0.1, -0.05) is 331 Å². The number of aromatic nitrogens is 3. The Morgan fingerprint density at radius 3 is 0.974 bits per heavy atom. The third-order valence-electron chi connectivity index (χ3n) is 23.4. The second kappa shape index (κ2) is 27.9. The minimum atomic E-state index is -0.338. The molecule has 0 fully saturated rings. The Morgan fingerprint density at radius 2 is 0.553 bits per heavy atom. The van der Waals surface area contributed by atoms with E-state index >= 15 is 8.78 Å². The third kappa shape index (κ3) is 11.9. The summed E-state index contributed by atoms with van der Waals surface area (Å²) >= 11 is 0. The maximum atomic E-state index is 17.6. The van der Waals surface area contributed by atoms with Crippen LogP contribution in [0.4, 0.5) is 42.9 Å². The van der Waals surface area contributed by atoms with E-state index in [4.69, 9.17) is 15.0 Å². The topological polar surface area (TPSA) is 45.2 Å². The van der Waals surface area contributed by atoms with Gasteiger partial charge in [-0.3, -0.25) is 0 Å². The first-order valence-corrected chi connectivity index (χ1v) is 38.9. The average molecular weight is 1470 g/mol. The van der Waals surface area contributed by atoms with E-state index in [9.17, 15) is 0 Å². The highest BCUT2D eigenvalue weighted by molar-refractivity contribution is 6.28. The van der Waals surface area contributed by atoms with Crippen molar-refractivity contribution in [1.82, 2.24) is 15.0 Å². The van der Waals surface area contributed by atoms with Crippen LogP contribution in [-0.2, 0) is 10.8 Å². The molecule has 2 aliphatic carbocycles. The number of benzene rings is 18. The fourth-order valence-corrected chi connectivity index (χ4v) is 17.8. The molecule has 2 aliphatic rings. The van der Waals surface area contributed by atoms with Crippen molar-refractivity contribution in [2.24, 2.45) is 0 Å². The largest absolute Gasteiger partial charge is 0.307 e. The van der Waals surface area contributed by atoms with Crippen molar-refractivity contribution in [3.05, 3.63) is 416 Å². The molecule has 114 heavy (non-hydrogen) atoms. The minimum absolute atomic E-state index is 0.112. The first-order valence-electron chi connectivity index (χ1n) is 38.9. The minimum Gasteiger partial charge on any atom is -0.307 e. The van der Waals surface area contributed by atoms with Crippen LogP contribution in [0.25, 0.3) is 144 Å². The smallest absolute Gasteiger partial charge is 0.164 e. The van der Waals surface area contributed by atoms with Gasteiger partial charge in [-0.05, 0) is 189 Å². The van der Waals surface area contributed by atoms with Crippen LogP contribution in [0, 0.1) is 11.6 Å². The van der Waals surface area contributed by atoms with Crippen LogP contribution >= 0.6 is 0 Å². The molecule has 21 rings (SSSR count). The average Bonchev–Trinajstić information content (AvgIpc) is 0.925. The van der Waals surface area contributed by atoms with Crippen molar-refractivity contribution in [3.8, 4) is 101 Å². The predicted octanol–water partition coefficient (Wildman–Crippen LogP) is 29.1. The Morgan fingerprint density at radius 1 is 0.228 bits per heavy atom. The van der Waals surface area contributed by atoms with Crippen molar-refractivity contribution in [1.29, 1.82) is 0 Å². The summed E-state index contributed by atoms with van der Waals surface area (Å²) < 4.78 is 35.2. The zero-order valence-corrected chi connectivity index (χ0v) is 63.4. The van der Waals surface area contributed by atoms with E-state index in [-0.39, 0.29) is 22.5 Å². The fourth-order valence-electron chi connectivity index (χ4n) is 17.8. The van der Waals surface area contributed by atoms with Gasteiger partial charge in [0.1, 0.15) is 11.6 Å². The van der Waals surface area contributed by atoms with Gasteiger partial charge >= 0.3 is 0 Å². The first-order chi connectivity index (χ1) is 55.9. The summed E-state index contributed by atoms with van der Waals surface area (Å²) in [6.07, 6.45) is 0. The Balaban J connectivity index is 0.000000159. The molecule has 0 bridgehead atoms. The van der Waals surface area contributed by atoms with Crippen LogP contribution in [0.2, 0.25) is 0 Å². The lowest BCUT2D eigenvalue weighted by Crippen LogP contribution is -2.15. The van der Waals surface area contributed by atoms with Crippen LogP contribution in [-0.4, -0.2) is 15.0 Å². The molecule has 7 heteroatoms. The highest BCUT2D eigenvalue weighted by Crippen LogP contribution is 2.55. The maximum Gasteiger partial charge on any atom is 0.164 e. The SMILES string of the molecule is CC1(C)c2ccccc2-c2ccc(-c3nc(-c4ccc5c(c4)C(C)(C)c4ccccc4-5)nc(-c4ccc5ccccc5c4)n3)cc21.Fc1cc(-c2ccccc2)cc(-c2ccccc2)c1N(c1ccccc1)c1ccc2ccc3c(N(c4ccccc4)c4c(F)cc(-c5ccccc5)cc4-c4ccccc4)ccc4ccc1c2c43. The third-order valence-corrected chi connectivity index (χ3v) is 23.4. The Bertz CT molecular complexity index is 6550. The normalized spacial score (nSPS) is 12.8. The lowest BCUT2D eigenvalue weighted by Gasteiger charge is -2.31. The van der Waals surface area contributed by atoms with Crippen LogP contribution < -0.4 is 9.80 Å². The van der Waals surface area contributed by atoms with Gasteiger partial charge in [-0.25, -0.2) is 23.7 Å². The molecule has 5 nitrogen and oxygen atoms in total. The van der Waals surface area contributed by atoms with Gasteiger partial charge in [0.25, 0.3) is 0 Å². The van der Waals surface area contributed by atoms with Crippen molar-refractivity contribution < 1.29 is 8.78 Å². The summed E-state index contributed by atoms with van der Waals surface area (Å²) in [6.45, 7) is 9.24. The van der Waals surface area contributed by atoms with E-state index in [1.165, 1.54) is 49.9 Å². The molecule has 0 saturated carbocycles. The molecule has 19 aromatic rings. The molecule has 0 N–H and O–H groups in total. The van der Waals surface area contributed by atoms with Gasteiger partial charge in [-0.15, -0.1) is 0 Å². The van der Waals surface area contributed by atoms with Crippen molar-refractivity contribution in [2.45, 2.75) is 38.5 Å². The molecule has 0 amide bonds. The molecule has 0 atom stereocenters. The number of para-hydroxylation sites is 2. The van der Waals surface area contributed by atoms with Gasteiger partial charge in [0, 0.05) is 60.8 Å². The molecule has 18 aromatic carbocycles. The van der Waals surface area contributed by atoms with E-state index in [0.29, 0.717) is 28.8 Å². The summed E-state index contributed by atoms with van der Waals surface area (Å²) in [5.41, 5.74) is 24.3. The van der Waals surface area contributed by atoms with Gasteiger partial charge < -0.3 is 9.80 Å². The number of hydrogen-bond donors (Lipinski definition) is 0. The first kappa shape index (κ1) is 69.0. The van der Waals surface area contributed by atoms with E-state index in [0.717, 1.165) is 122 Å². The predicted molar refractivity (Wildman–Crippen MR) is 470 cm³/mol. The van der Waals surface area contributed by atoms with Crippen LogP contribution in [0.1, 0.15) is 49.9 Å². The standard InChI is InChI=1S/C64H42F2N2.C43H33N3/c65-57-41-49(43-19-7-1-8-20-43)39-55(45-23-11-3-12-24-45)63(57)67(51-27-15-5-16-28-51)59-37-33-47-32-36-54-60(38-34-48-31-35-53(59)61(47)62(48)54)68(52-29-17-6-18-30-52)64-56(46-25-13-4-14-26-46)40-50(42-58(64)66)44-21-9-2-10-22-44;1-42(2)35-15-9-7-13-31(35)33-21-19-29(24-37(33)42)40-44-39(28-18-17-26-11-5-6-12-27(26)23-28)45-41(46-40)30-20-22-34-32-14-8-10-16-36(32)43(3,4)38(34)25-30/h1-42H;5-25H,1-4H3. The maximum absolute atomic E-state index is 17.6. The molecule has 542 valence electrons. The Kier molecular flexibility index (Phi) is 16.9. The summed E-state index contributed by atoms with van der Waals surface area (Å²) in [7, 11) is 0. The lowest BCUT2D eigenvalue weighted by molar-refractivity contribution is 0.629. The number of fused-ring (bicyclic) bond motifs is 7. The van der Waals surface area contributed by atoms with Crippen molar-refractivity contribution >= 4 is 77.2 Å². The zero-order chi connectivity index (χ0) is 76.8. The van der Waals surface area contributed by atoms with Crippen LogP contribution in [0.3, 0.4) is 0 Å². The molecule has 1 aromatic heterocycles. The fraction of sp³-hybridized carbons (Fsp3) is 0.0561. The number of rotatable bonds is 13. The van der Waals surface area contributed by atoms with Gasteiger partial charge in [0.2, 0.25) is 0 Å². The summed E-state index contributed by atoms with van der Waals surface area (Å²) in [5, 5.41) is 8.45. The molecule has 1 heterocycles. The number of hydrogen-bond acceptors (Lipinski definition) is 5. The van der Waals surface area contributed by atoms with Gasteiger partial charge in [0.05, 0.1) is 22.7 Å². The van der Waals surface area contributed by atoms with E-state index in [1.54, 1.807) is 12.1 Å². The summed E-state index contributed by atoms with van der Waals surface area (Å²) in [6, 6.07) is 131. The molecular formula is C107H75F2N5. The summed E-state index contributed by atoms with van der Waals surface area (Å²) in [5.74, 6) is 1.37. The van der Waals surface area contributed by atoms with E-state index in [2.05, 4.69) is 226 Å². The Hall–Kier alpha value is -14.3. The molecule has 0 unspecified atom stereocenters. The van der Waals surface area contributed by atoms with Crippen molar-refractivity contribution in [3.63, 3.8) is 0 Å². The second-order valence-corrected chi connectivity index (χ2v) is 30.8. The monoisotopic (exact) mass is 1470 g/mol. The van der Waals surface area contributed by atoms with Crippen LogP contribution in [0.15, 0.2) is 382 Å². The van der Waals surface area contributed by atoms with Crippen molar-refractivity contribution in [2.75, 3.05) is 9.80 Å².